The molecular weight excluding hydrogens is 464 g/mol. The van der Waals surface area contributed by atoms with E-state index >= 15 is 0 Å². The number of benzene rings is 4. The topological polar surface area (TPSA) is 0 Å². The SMILES string of the molecule is CSc1cc2ccc3c4cc(Br)c(SC)cc4ccc3c2cc1Br. The van der Waals surface area contributed by atoms with Crippen LogP contribution in [0.15, 0.2) is 67.3 Å². The zero-order valence-electron chi connectivity index (χ0n) is 13.2. The lowest BCUT2D eigenvalue weighted by molar-refractivity contribution is 1.45. The molecule has 0 aliphatic carbocycles. The van der Waals surface area contributed by atoms with Crippen LogP contribution in [0.5, 0.6) is 0 Å². The highest BCUT2D eigenvalue weighted by atomic mass is 79.9. The van der Waals surface area contributed by atoms with Crippen LogP contribution in [0.1, 0.15) is 0 Å². The summed E-state index contributed by atoms with van der Waals surface area (Å²) in [5, 5.41) is 7.77. The zero-order chi connectivity index (χ0) is 16.8. The molecule has 0 saturated carbocycles. The van der Waals surface area contributed by atoms with Crippen molar-refractivity contribution in [1.29, 1.82) is 0 Å². The lowest BCUT2D eigenvalue weighted by atomic mass is 9.97. The average molecular weight is 478 g/mol. The monoisotopic (exact) mass is 476 g/mol. The van der Waals surface area contributed by atoms with Gasteiger partial charge in [0.15, 0.2) is 0 Å². The van der Waals surface area contributed by atoms with Crippen LogP contribution in [0.25, 0.3) is 32.3 Å². The van der Waals surface area contributed by atoms with E-state index in [9.17, 15) is 0 Å². The third-order valence-electron chi connectivity index (χ3n) is 4.38. The zero-order valence-corrected chi connectivity index (χ0v) is 18.0. The minimum atomic E-state index is 1.16. The van der Waals surface area contributed by atoms with Crippen molar-refractivity contribution in [3.05, 3.63) is 57.5 Å². The third-order valence-corrected chi connectivity index (χ3v) is 7.77. The van der Waals surface area contributed by atoms with Gasteiger partial charge in [-0.05, 0) is 101 Å². The van der Waals surface area contributed by atoms with E-state index in [1.807, 2.05) is 0 Å². The summed E-state index contributed by atoms with van der Waals surface area (Å²) in [6, 6.07) is 18.0. The molecule has 0 saturated heterocycles. The number of hydrogen-bond donors (Lipinski definition) is 0. The van der Waals surface area contributed by atoms with Crippen molar-refractivity contribution >= 4 is 87.7 Å². The maximum absolute atomic E-state index is 3.71. The number of hydrogen-bond acceptors (Lipinski definition) is 2. The van der Waals surface area contributed by atoms with Crippen molar-refractivity contribution in [3.8, 4) is 0 Å². The van der Waals surface area contributed by atoms with Gasteiger partial charge in [0.2, 0.25) is 0 Å². The van der Waals surface area contributed by atoms with Crippen molar-refractivity contribution in [2.75, 3.05) is 12.5 Å². The molecule has 0 aliphatic rings. The van der Waals surface area contributed by atoms with Crippen LogP contribution in [0.2, 0.25) is 0 Å². The van der Waals surface area contributed by atoms with E-state index in [1.165, 1.54) is 42.1 Å². The Morgan fingerprint density at radius 3 is 1.38 bits per heavy atom. The number of rotatable bonds is 2. The Balaban J connectivity index is 2.12. The van der Waals surface area contributed by atoms with E-state index in [-0.39, 0.29) is 0 Å². The maximum Gasteiger partial charge on any atom is 0.0317 e. The van der Waals surface area contributed by atoms with E-state index in [0.29, 0.717) is 0 Å². The Bertz CT molecular complexity index is 1010. The highest BCUT2D eigenvalue weighted by Gasteiger charge is 2.09. The molecule has 0 amide bonds. The fourth-order valence-corrected chi connectivity index (χ4v) is 5.84. The first-order chi connectivity index (χ1) is 11.6. The molecule has 0 fully saturated rings. The molecule has 4 aromatic carbocycles. The molecule has 0 bridgehead atoms. The molecule has 0 aliphatic heterocycles. The molecule has 0 spiro atoms. The van der Waals surface area contributed by atoms with Gasteiger partial charge in [-0.2, -0.15) is 0 Å². The predicted molar refractivity (Wildman–Crippen MR) is 118 cm³/mol. The minimum Gasteiger partial charge on any atom is -0.128 e. The van der Waals surface area contributed by atoms with Gasteiger partial charge in [-0.15, -0.1) is 23.5 Å². The lowest BCUT2D eigenvalue weighted by Crippen LogP contribution is -1.84. The van der Waals surface area contributed by atoms with Crippen LogP contribution >= 0.6 is 55.4 Å². The van der Waals surface area contributed by atoms with E-state index < -0.39 is 0 Å². The molecule has 0 nitrogen and oxygen atoms in total. The Kier molecular flexibility index (Phi) is 4.59. The molecule has 0 radical (unpaired) electrons. The Hall–Kier alpha value is -0.680. The van der Waals surface area contributed by atoms with Gasteiger partial charge >= 0.3 is 0 Å². The van der Waals surface area contributed by atoms with Crippen molar-refractivity contribution in [3.63, 3.8) is 0 Å². The first-order valence-electron chi connectivity index (χ1n) is 7.48. The molecule has 0 atom stereocenters. The van der Waals surface area contributed by atoms with Gasteiger partial charge in [0.05, 0.1) is 0 Å². The summed E-state index contributed by atoms with van der Waals surface area (Å²) in [6.07, 6.45) is 4.22. The van der Waals surface area contributed by atoms with E-state index in [2.05, 4.69) is 92.9 Å². The first kappa shape index (κ1) is 16.8. The van der Waals surface area contributed by atoms with Gasteiger partial charge < -0.3 is 0 Å². The molecule has 4 heteroatoms. The van der Waals surface area contributed by atoms with Crippen LogP contribution in [0.3, 0.4) is 0 Å². The first-order valence-corrected chi connectivity index (χ1v) is 11.5. The fraction of sp³-hybridized carbons (Fsp3) is 0.100. The molecule has 24 heavy (non-hydrogen) atoms. The molecule has 0 aromatic heterocycles. The number of thioether (sulfide) groups is 2. The summed E-state index contributed by atoms with van der Waals surface area (Å²) in [4.78, 5) is 2.55. The van der Waals surface area contributed by atoms with E-state index in [1.54, 1.807) is 23.5 Å². The normalized spacial score (nSPS) is 11.7. The summed E-state index contributed by atoms with van der Waals surface area (Å²) >= 11 is 11.0. The fourth-order valence-electron chi connectivity index (χ4n) is 3.19. The quantitative estimate of drug-likeness (QED) is 0.211. The molecule has 4 aromatic rings. The van der Waals surface area contributed by atoms with Crippen molar-refractivity contribution in [1.82, 2.24) is 0 Å². The van der Waals surface area contributed by atoms with Crippen LogP contribution in [-0.4, -0.2) is 12.5 Å². The number of fused-ring (bicyclic) bond motifs is 5. The largest absolute Gasteiger partial charge is 0.128 e. The Labute approximate surface area is 166 Å². The molecule has 4 rings (SSSR count). The third kappa shape index (κ3) is 2.68. The second kappa shape index (κ2) is 6.56. The van der Waals surface area contributed by atoms with Gasteiger partial charge in [0.1, 0.15) is 0 Å². The van der Waals surface area contributed by atoms with Crippen LogP contribution in [-0.2, 0) is 0 Å². The lowest BCUT2D eigenvalue weighted by Gasteiger charge is -2.11. The second-order valence-electron chi connectivity index (χ2n) is 5.64. The highest BCUT2D eigenvalue weighted by molar-refractivity contribution is 9.10. The summed E-state index contributed by atoms with van der Waals surface area (Å²) in [6.45, 7) is 0. The maximum atomic E-state index is 3.71. The molecular formula is C20H14Br2S2. The van der Waals surface area contributed by atoms with Crippen molar-refractivity contribution in [2.24, 2.45) is 0 Å². The average Bonchev–Trinajstić information content (AvgIpc) is 2.60. The van der Waals surface area contributed by atoms with Gasteiger partial charge in [-0.3, -0.25) is 0 Å². The van der Waals surface area contributed by atoms with Crippen LogP contribution in [0, 0.1) is 0 Å². The summed E-state index contributed by atoms with van der Waals surface area (Å²) in [5.74, 6) is 0. The van der Waals surface area contributed by atoms with Gasteiger partial charge in [-0.1, -0.05) is 24.3 Å². The van der Waals surface area contributed by atoms with Crippen LogP contribution in [0.4, 0.5) is 0 Å². The van der Waals surface area contributed by atoms with E-state index in [0.717, 1.165) is 8.95 Å². The summed E-state index contributed by atoms with van der Waals surface area (Å²) in [5.41, 5.74) is 0. The van der Waals surface area contributed by atoms with Crippen LogP contribution < -0.4 is 0 Å². The van der Waals surface area contributed by atoms with Gasteiger partial charge in [0.25, 0.3) is 0 Å². The highest BCUT2D eigenvalue weighted by Crippen LogP contribution is 2.38. The molecule has 0 N–H and O–H groups in total. The number of halogens is 2. The molecule has 0 heterocycles. The molecule has 0 unspecified atom stereocenters. The summed E-state index contributed by atoms with van der Waals surface area (Å²) in [7, 11) is 0. The standard InChI is InChI=1S/C20H14Br2S2/c1-23-19-7-11-3-5-14-13(15(11)9-17(19)21)6-4-12-8-20(24-2)18(22)10-16(12)14/h3-10H,1-2H3. The smallest absolute Gasteiger partial charge is 0.0317 e. The van der Waals surface area contributed by atoms with Gasteiger partial charge in [0, 0.05) is 18.7 Å². The minimum absolute atomic E-state index is 1.16. The predicted octanol–water partition coefficient (Wildman–Crippen LogP) is 8.12. The van der Waals surface area contributed by atoms with Gasteiger partial charge in [-0.25, -0.2) is 0 Å². The summed E-state index contributed by atoms with van der Waals surface area (Å²) < 4.78 is 2.32. The van der Waals surface area contributed by atoms with E-state index in [4.69, 9.17) is 0 Å². The van der Waals surface area contributed by atoms with Crippen molar-refractivity contribution in [2.45, 2.75) is 9.79 Å². The van der Waals surface area contributed by atoms with Crippen molar-refractivity contribution < 1.29 is 0 Å². The second-order valence-corrected chi connectivity index (χ2v) is 9.05. The Morgan fingerprint density at radius 2 is 1.00 bits per heavy atom. The molecule has 120 valence electrons. The Morgan fingerprint density at radius 1 is 0.583 bits per heavy atom.